The Labute approximate surface area is 158 Å². The number of rotatable bonds is 7. The topological polar surface area (TPSA) is 66.8 Å². The summed E-state index contributed by atoms with van der Waals surface area (Å²) in [6.45, 7) is 3.42. The summed E-state index contributed by atoms with van der Waals surface area (Å²) in [5.74, 6) is -1.38. The van der Waals surface area contributed by atoms with Gasteiger partial charge in [-0.25, -0.2) is 0 Å². The van der Waals surface area contributed by atoms with E-state index in [1.54, 1.807) is 24.3 Å². The standard InChI is InChI=1S/C22H23NO4/c1-2-27-15-9-14-23-19(16-10-5-3-6-11-16)18(21(25)22(23)26)20(24)17-12-7-4-8-13-17/h3-8,10-13,19,24H,2,9,14-15H2,1H3/t19-/m0/s1. The number of carbonyl (C=O) groups excluding carboxylic acids is 2. The van der Waals surface area contributed by atoms with Gasteiger partial charge in [-0.15, -0.1) is 0 Å². The number of nitrogens with zero attached hydrogens (tertiary/aromatic N) is 1. The summed E-state index contributed by atoms with van der Waals surface area (Å²) in [6, 6.07) is 17.6. The summed E-state index contributed by atoms with van der Waals surface area (Å²) in [7, 11) is 0. The zero-order valence-corrected chi connectivity index (χ0v) is 15.3. The van der Waals surface area contributed by atoms with Crippen LogP contribution in [0.5, 0.6) is 0 Å². The van der Waals surface area contributed by atoms with E-state index in [-0.39, 0.29) is 11.3 Å². The Bertz CT molecular complexity index is 830. The van der Waals surface area contributed by atoms with Gasteiger partial charge in [0.15, 0.2) is 0 Å². The number of benzene rings is 2. The lowest BCUT2D eigenvalue weighted by Gasteiger charge is -2.25. The Balaban J connectivity index is 2.03. The second-order valence-corrected chi connectivity index (χ2v) is 6.32. The number of ether oxygens (including phenoxy) is 1. The Kier molecular flexibility index (Phi) is 6.04. The molecule has 27 heavy (non-hydrogen) atoms. The van der Waals surface area contributed by atoms with E-state index in [0.29, 0.717) is 31.7 Å². The normalized spacial score (nSPS) is 18.9. The maximum Gasteiger partial charge on any atom is 0.295 e. The van der Waals surface area contributed by atoms with Gasteiger partial charge in [-0.2, -0.15) is 0 Å². The first-order valence-corrected chi connectivity index (χ1v) is 9.11. The predicted molar refractivity (Wildman–Crippen MR) is 103 cm³/mol. The minimum atomic E-state index is -0.651. The Morgan fingerprint density at radius 2 is 1.67 bits per heavy atom. The third-order valence-corrected chi connectivity index (χ3v) is 4.59. The van der Waals surface area contributed by atoms with Crippen LogP contribution in [0.1, 0.15) is 30.5 Å². The van der Waals surface area contributed by atoms with Gasteiger partial charge in [0, 0.05) is 25.3 Å². The molecule has 5 nitrogen and oxygen atoms in total. The fourth-order valence-corrected chi connectivity index (χ4v) is 3.33. The number of ketones is 1. The number of aliphatic hydroxyl groups is 1. The molecule has 0 aromatic heterocycles. The van der Waals surface area contributed by atoms with Gasteiger partial charge in [-0.1, -0.05) is 60.7 Å². The summed E-state index contributed by atoms with van der Waals surface area (Å²) in [6.07, 6.45) is 0.621. The quantitative estimate of drug-likeness (QED) is 0.353. The summed E-state index contributed by atoms with van der Waals surface area (Å²) >= 11 is 0. The van der Waals surface area contributed by atoms with Gasteiger partial charge in [-0.05, 0) is 18.9 Å². The van der Waals surface area contributed by atoms with Crippen LogP contribution in [0.25, 0.3) is 5.76 Å². The molecule has 1 aliphatic rings. The molecule has 0 bridgehead atoms. The van der Waals surface area contributed by atoms with Crippen molar-refractivity contribution in [1.82, 2.24) is 4.90 Å². The van der Waals surface area contributed by atoms with Crippen LogP contribution < -0.4 is 0 Å². The van der Waals surface area contributed by atoms with E-state index in [1.807, 2.05) is 43.3 Å². The SMILES string of the molecule is CCOCCCN1C(=O)C(=O)C(=C(O)c2ccccc2)[C@@H]1c1ccccc1. The van der Waals surface area contributed by atoms with Crippen molar-refractivity contribution in [2.75, 3.05) is 19.8 Å². The van der Waals surface area contributed by atoms with Crippen LogP contribution in [0.2, 0.25) is 0 Å². The second-order valence-electron chi connectivity index (χ2n) is 6.32. The number of hydrogen-bond donors (Lipinski definition) is 1. The third kappa shape index (κ3) is 3.93. The highest BCUT2D eigenvalue weighted by atomic mass is 16.5. The fourth-order valence-electron chi connectivity index (χ4n) is 3.33. The molecule has 2 aromatic carbocycles. The maximum atomic E-state index is 12.8. The molecule has 1 aliphatic heterocycles. The van der Waals surface area contributed by atoms with E-state index >= 15 is 0 Å². The van der Waals surface area contributed by atoms with Crippen molar-refractivity contribution in [3.63, 3.8) is 0 Å². The zero-order chi connectivity index (χ0) is 19.2. The molecule has 1 amide bonds. The Morgan fingerprint density at radius 3 is 2.30 bits per heavy atom. The van der Waals surface area contributed by atoms with Crippen molar-refractivity contribution in [1.29, 1.82) is 0 Å². The van der Waals surface area contributed by atoms with Gasteiger partial charge in [-0.3, -0.25) is 9.59 Å². The van der Waals surface area contributed by atoms with Crippen LogP contribution in [0.3, 0.4) is 0 Å². The van der Waals surface area contributed by atoms with Crippen molar-refractivity contribution in [2.45, 2.75) is 19.4 Å². The van der Waals surface area contributed by atoms with Crippen LogP contribution in [0, 0.1) is 0 Å². The van der Waals surface area contributed by atoms with Crippen molar-refractivity contribution < 1.29 is 19.4 Å². The van der Waals surface area contributed by atoms with E-state index in [4.69, 9.17) is 4.74 Å². The van der Waals surface area contributed by atoms with Crippen LogP contribution in [0.15, 0.2) is 66.2 Å². The number of Topliss-reactive ketones (excluding diaryl/α,β-unsaturated/α-hetero) is 1. The largest absolute Gasteiger partial charge is 0.507 e. The minimum Gasteiger partial charge on any atom is -0.507 e. The number of carbonyl (C=O) groups is 2. The summed E-state index contributed by atoms with van der Waals surface area (Å²) in [5.41, 5.74) is 1.45. The number of likely N-dealkylation sites (tertiary alicyclic amines) is 1. The number of amides is 1. The van der Waals surface area contributed by atoms with Crippen LogP contribution in [-0.4, -0.2) is 41.5 Å². The van der Waals surface area contributed by atoms with E-state index in [2.05, 4.69) is 0 Å². The van der Waals surface area contributed by atoms with Crippen LogP contribution >= 0.6 is 0 Å². The lowest BCUT2D eigenvalue weighted by Crippen LogP contribution is -2.31. The van der Waals surface area contributed by atoms with Crippen molar-refractivity contribution >= 4 is 17.4 Å². The molecule has 1 atom stereocenters. The van der Waals surface area contributed by atoms with Gasteiger partial charge in [0.1, 0.15) is 5.76 Å². The average Bonchev–Trinajstić information content (AvgIpc) is 2.97. The molecular formula is C22H23NO4. The first kappa shape index (κ1) is 18.9. The molecule has 0 saturated carbocycles. The third-order valence-electron chi connectivity index (χ3n) is 4.59. The fraction of sp³-hybridized carbons (Fsp3) is 0.273. The molecule has 0 radical (unpaired) electrons. The van der Waals surface area contributed by atoms with Crippen molar-refractivity contribution in [2.24, 2.45) is 0 Å². The molecule has 5 heteroatoms. The minimum absolute atomic E-state index is 0.133. The molecule has 0 aliphatic carbocycles. The molecule has 3 rings (SSSR count). The van der Waals surface area contributed by atoms with Gasteiger partial charge in [0.25, 0.3) is 11.7 Å². The molecule has 1 N–H and O–H groups in total. The number of aliphatic hydroxyl groups excluding tert-OH is 1. The molecule has 2 aromatic rings. The molecule has 0 spiro atoms. The monoisotopic (exact) mass is 365 g/mol. The first-order chi connectivity index (χ1) is 13.1. The Morgan fingerprint density at radius 1 is 1.04 bits per heavy atom. The lowest BCUT2D eigenvalue weighted by atomic mass is 9.95. The summed E-state index contributed by atoms with van der Waals surface area (Å²) in [4.78, 5) is 27.0. The zero-order valence-electron chi connectivity index (χ0n) is 15.3. The van der Waals surface area contributed by atoms with Crippen LogP contribution in [0.4, 0.5) is 0 Å². The first-order valence-electron chi connectivity index (χ1n) is 9.11. The highest BCUT2D eigenvalue weighted by molar-refractivity contribution is 6.46. The van der Waals surface area contributed by atoms with Gasteiger partial charge >= 0.3 is 0 Å². The molecule has 140 valence electrons. The van der Waals surface area contributed by atoms with Crippen molar-refractivity contribution in [3.05, 3.63) is 77.4 Å². The van der Waals surface area contributed by atoms with Crippen molar-refractivity contribution in [3.8, 4) is 0 Å². The van der Waals surface area contributed by atoms with E-state index in [0.717, 1.165) is 5.56 Å². The second kappa shape index (κ2) is 8.64. The van der Waals surface area contributed by atoms with Crippen LogP contribution in [-0.2, 0) is 14.3 Å². The Hall–Kier alpha value is -2.92. The van der Waals surface area contributed by atoms with E-state index < -0.39 is 17.7 Å². The van der Waals surface area contributed by atoms with Gasteiger partial charge in [0.2, 0.25) is 0 Å². The molecule has 0 unspecified atom stereocenters. The number of hydrogen-bond acceptors (Lipinski definition) is 4. The smallest absolute Gasteiger partial charge is 0.295 e. The molecular weight excluding hydrogens is 342 g/mol. The van der Waals surface area contributed by atoms with Gasteiger partial charge < -0.3 is 14.7 Å². The average molecular weight is 365 g/mol. The van der Waals surface area contributed by atoms with Gasteiger partial charge in [0.05, 0.1) is 11.6 Å². The molecule has 1 heterocycles. The maximum absolute atomic E-state index is 12.8. The summed E-state index contributed by atoms with van der Waals surface area (Å²) in [5, 5.41) is 10.8. The lowest BCUT2D eigenvalue weighted by molar-refractivity contribution is -0.140. The van der Waals surface area contributed by atoms with E-state index in [9.17, 15) is 14.7 Å². The molecule has 1 saturated heterocycles. The highest BCUT2D eigenvalue weighted by Crippen LogP contribution is 2.39. The molecule has 1 fully saturated rings. The highest BCUT2D eigenvalue weighted by Gasteiger charge is 2.45. The summed E-state index contributed by atoms with van der Waals surface area (Å²) < 4.78 is 5.36. The predicted octanol–water partition coefficient (Wildman–Crippen LogP) is 3.53. The van der Waals surface area contributed by atoms with E-state index in [1.165, 1.54) is 4.90 Å².